The van der Waals surface area contributed by atoms with Crippen molar-refractivity contribution in [3.05, 3.63) is 22.7 Å². The number of hydrogen-bond donors (Lipinski definition) is 2. The number of amides is 1. The van der Waals surface area contributed by atoms with Crippen LogP contribution in [-0.2, 0) is 16.0 Å². The van der Waals surface area contributed by atoms with Crippen molar-refractivity contribution in [3.8, 4) is 11.5 Å². The molecule has 1 aromatic rings. The monoisotopic (exact) mass is 367 g/mol. The highest BCUT2D eigenvalue weighted by atomic mass is 35.5. The molecule has 25 heavy (non-hydrogen) atoms. The van der Waals surface area contributed by atoms with Crippen LogP contribution in [0, 0.1) is 0 Å². The number of aliphatic carboxylic acids is 1. The molecule has 1 amide bonds. The number of ether oxygens (including phenoxy) is 2. The molecule has 7 heteroatoms. The molecule has 1 aromatic carbocycles. The Morgan fingerprint density at radius 2 is 1.80 bits per heavy atom. The second-order valence-electron chi connectivity index (χ2n) is 6.63. The van der Waals surface area contributed by atoms with Crippen molar-refractivity contribution >= 4 is 23.5 Å². The van der Waals surface area contributed by atoms with Crippen LogP contribution in [0.15, 0.2) is 12.1 Å². The number of rotatable bonds is 4. The van der Waals surface area contributed by atoms with E-state index < -0.39 is 11.5 Å². The third kappa shape index (κ3) is 4.00. The van der Waals surface area contributed by atoms with E-state index >= 15 is 0 Å². The van der Waals surface area contributed by atoms with Crippen LogP contribution in [0.1, 0.15) is 44.1 Å². The van der Waals surface area contributed by atoms with Crippen molar-refractivity contribution in [1.29, 1.82) is 0 Å². The van der Waals surface area contributed by atoms with Crippen molar-refractivity contribution < 1.29 is 24.2 Å². The summed E-state index contributed by atoms with van der Waals surface area (Å²) in [5.74, 6) is -0.271. The van der Waals surface area contributed by atoms with Gasteiger partial charge < -0.3 is 19.9 Å². The zero-order chi connectivity index (χ0) is 17.9. The van der Waals surface area contributed by atoms with E-state index in [2.05, 4.69) is 5.32 Å². The van der Waals surface area contributed by atoms with Crippen molar-refractivity contribution in [1.82, 2.24) is 5.32 Å². The Bertz CT molecular complexity index is 668. The Balaban J connectivity index is 1.73. The summed E-state index contributed by atoms with van der Waals surface area (Å²) in [6, 6.07) is 3.38. The number of carboxylic acid groups (broad SMARTS) is 1. The van der Waals surface area contributed by atoms with Gasteiger partial charge in [0.25, 0.3) is 0 Å². The van der Waals surface area contributed by atoms with Gasteiger partial charge in [-0.15, -0.1) is 0 Å². The minimum absolute atomic E-state index is 0.0470. The van der Waals surface area contributed by atoms with Crippen LogP contribution in [0.4, 0.5) is 0 Å². The molecule has 1 fully saturated rings. The number of carbonyl (C=O) groups is 2. The summed E-state index contributed by atoms with van der Waals surface area (Å²) < 4.78 is 11.0. The number of nitrogens with one attached hydrogen (secondary N) is 1. The van der Waals surface area contributed by atoms with Gasteiger partial charge in [0.15, 0.2) is 11.5 Å². The minimum atomic E-state index is -1.16. The van der Waals surface area contributed by atoms with E-state index in [0.717, 1.165) is 25.7 Å². The van der Waals surface area contributed by atoms with Gasteiger partial charge in [-0.3, -0.25) is 4.79 Å². The molecule has 0 saturated heterocycles. The lowest BCUT2D eigenvalue weighted by Gasteiger charge is -2.29. The zero-order valence-electron chi connectivity index (χ0n) is 14.0. The molecule has 0 bridgehead atoms. The molecule has 1 aliphatic heterocycles. The molecular formula is C18H22ClNO5. The van der Waals surface area contributed by atoms with Crippen molar-refractivity contribution in [2.45, 2.75) is 50.5 Å². The van der Waals surface area contributed by atoms with Crippen LogP contribution in [0.2, 0.25) is 5.02 Å². The number of hydrogen-bond acceptors (Lipinski definition) is 4. The molecule has 3 rings (SSSR count). The largest absolute Gasteiger partial charge is 0.486 e. The first kappa shape index (κ1) is 17.9. The molecule has 6 nitrogen and oxygen atoms in total. The molecule has 1 aliphatic carbocycles. The normalized spacial score (nSPS) is 18.9. The number of benzene rings is 1. The standard InChI is InChI=1S/C18H22ClNO5/c19-13-9-12(10-14-16(13)25-8-7-24-14)11-15(21)20-18(17(22)23)5-3-1-2-4-6-18/h9-10H,1-8,11H2,(H,20,21)(H,22,23). The number of fused-ring (bicyclic) bond motifs is 1. The molecule has 0 unspecified atom stereocenters. The summed E-state index contributed by atoms with van der Waals surface area (Å²) in [6.07, 6.45) is 4.60. The summed E-state index contributed by atoms with van der Waals surface area (Å²) in [4.78, 5) is 24.3. The minimum Gasteiger partial charge on any atom is -0.486 e. The first-order chi connectivity index (χ1) is 12.0. The molecule has 136 valence electrons. The first-order valence-corrected chi connectivity index (χ1v) is 9.00. The quantitative estimate of drug-likeness (QED) is 0.799. The smallest absolute Gasteiger partial charge is 0.329 e. The Morgan fingerprint density at radius 1 is 1.12 bits per heavy atom. The summed E-state index contributed by atoms with van der Waals surface area (Å²) in [5, 5.41) is 12.8. The Labute approximate surface area is 151 Å². The van der Waals surface area contributed by atoms with Crippen LogP contribution in [0.5, 0.6) is 11.5 Å². The lowest BCUT2D eigenvalue weighted by atomic mass is 9.90. The van der Waals surface area contributed by atoms with Gasteiger partial charge in [-0.25, -0.2) is 4.79 Å². The fourth-order valence-electron chi connectivity index (χ4n) is 3.49. The van der Waals surface area contributed by atoms with Gasteiger partial charge in [0.1, 0.15) is 18.8 Å². The van der Waals surface area contributed by atoms with Crippen molar-refractivity contribution in [2.75, 3.05) is 13.2 Å². The summed E-state index contributed by atoms with van der Waals surface area (Å²) >= 11 is 6.19. The maximum atomic E-state index is 12.5. The molecule has 0 atom stereocenters. The molecule has 2 N–H and O–H groups in total. The van der Waals surface area contributed by atoms with E-state index in [9.17, 15) is 14.7 Å². The molecule has 1 heterocycles. The Morgan fingerprint density at radius 3 is 2.48 bits per heavy atom. The molecular weight excluding hydrogens is 346 g/mol. The summed E-state index contributed by atoms with van der Waals surface area (Å²) in [6.45, 7) is 0.870. The van der Waals surface area contributed by atoms with Crippen LogP contribution >= 0.6 is 11.6 Å². The SMILES string of the molecule is O=C(Cc1cc(Cl)c2c(c1)OCCO2)NC1(C(=O)O)CCCCCC1. The lowest BCUT2D eigenvalue weighted by Crippen LogP contribution is -2.54. The molecule has 1 saturated carbocycles. The lowest BCUT2D eigenvalue weighted by molar-refractivity contribution is -0.148. The second kappa shape index (κ2) is 7.52. The van der Waals surface area contributed by atoms with Gasteiger partial charge in [0.2, 0.25) is 5.91 Å². The van der Waals surface area contributed by atoms with Crippen LogP contribution < -0.4 is 14.8 Å². The van der Waals surface area contributed by atoms with Crippen molar-refractivity contribution in [2.24, 2.45) is 0 Å². The molecule has 0 spiro atoms. The van der Waals surface area contributed by atoms with Gasteiger partial charge in [0, 0.05) is 0 Å². The fraction of sp³-hybridized carbons (Fsp3) is 0.556. The average Bonchev–Trinajstić information content (AvgIpc) is 2.81. The molecule has 0 aromatic heterocycles. The van der Waals surface area contributed by atoms with Gasteiger partial charge in [-0.05, 0) is 30.5 Å². The summed E-state index contributed by atoms with van der Waals surface area (Å²) in [7, 11) is 0. The maximum absolute atomic E-state index is 12.5. The maximum Gasteiger partial charge on any atom is 0.329 e. The van der Waals surface area contributed by atoms with Crippen molar-refractivity contribution in [3.63, 3.8) is 0 Å². The Hall–Kier alpha value is -1.95. The highest BCUT2D eigenvalue weighted by molar-refractivity contribution is 6.32. The van der Waals surface area contributed by atoms with Gasteiger partial charge in [-0.1, -0.05) is 37.3 Å². The van der Waals surface area contributed by atoms with E-state index in [-0.39, 0.29) is 12.3 Å². The van der Waals surface area contributed by atoms with Crippen LogP contribution in [-0.4, -0.2) is 35.7 Å². The first-order valence-electron chi connectivity index (χ1n) is 8.63. The second-order valence-corrected chi connectivity index (χ2v) is 7.04. The van der Waals surface area contributed by atoms with Crippen LogP contribution in [0.3, 0.4) is 0 Å². The van der Waals surface area contributed by atoms with E-state index in [1.54, 1.807) is 12.1 Å². The third-order valence-electron chi connectivity index (χ3n) is 4.77. The summed E-state index contributed by atoms with van der Waals surface area (Å²) in [5.41, 5.74) is -0.494. The topological polar surface area (TPSA) is 84.9 Å². The molecule has 2 aliphatic rings. The van der Waals surface area contributed by atoms with Gasteiger partial charge in [0.05, 0.1) is 11.4 Å². The fourth-order valence-corrected chi connectivity index (χ4v) is 3.78. The predicted octanol–water partition coefficient (Wildman–Crippen LogP) is 2.95. The van der Waals surface area contributed by atoms with Gasteiger partial charge >= 0.3 is 5.97 Å². The van der Waals surface area contributed by atoms with Gasteiger partial charge in [-0.2, -0.15) is 0 Å². The van der Waals surface area contributed by atoms with E-state index in [0.29, 0.717) is 48.1 Å². The number of carbonyl (C=O) groups excluding carboxylic acids is 1. The third-order valence-corrected chi connectivity index (χ3v) is 5.05. The van der Waals surface area contributed by atoms with E-state index in [1.165, 1.54) is 0 Å². The van der Waals surface area contributed by atoms with E-state index in [4.69, 9.17) is 21.1 Å². The highest BCUT2D eigenvalue weighted by Crippen LogP contribution is 2.38. The number of halogens is 1. The van der Waals surface area contributed by atoms with Crippen LogP contribution in [0.25, 0.3) is 0 Å². The predicted molar refractivity (Wildman–Crippen MR) is 92.4 cm³/mol. The molecule has 0 radical (unpaired) electrons. The average molecular weight is 368 g/mol. The zero-order valence-corrected chi connectivity index (χ0v) is 14.7. The highest BCUT2D eigenvalue weighted by Gasteiger charge is 2.40. The number of carboxylic acids is 1. The Kier molecular flexibility index (Phi) is 5.37. The van der Waals surface area contributed by atoms with E-state index in [1.807, 2.05) is 0 Å².